The topological polar surface area (TPSA) is 55.8 Å². The maximum Gasteiger partial charge on any atom is 0.509 e. The molecule has 1 atom stereocenters. The molecule has 0 amide bonds. The number of alkyl halides is 1. The first-order chi connectivity index (χ1) is 5.89. The van der Waals surface area contributed by atoms with Crippen molar-refractivity contribution in [1.29, 1.82) is 0 Å². The van der Waals surface area contributed by atoms with Crippen molar-refractivity contribution in [3.8, 4) is 0 Å². The zero-order valence-electron chi connectivity index (χ0n) is 8.04. The Morgan fingerprint density at radius 3 is 2.38 bits per heavy atom. The highest BCUT2D eigenvalue weighted by Crippen LogP contribution is 2.09. The third kappa shape index (κ3) is 6.66. The summed E-state index contributed by atoms with van der Waals surface area (Å²) in [5.41, 5.74) is -0.594. The fourth-order valence-electron chi connectivity index (χ4n) is 0.528. The SMILES string of the molecule is CC(C)(C)OC(=O)OC(CO)CCl. The molecular formula is C8H15ClO4. The molecule has 0 aromatic rings. The highest BCUT2D eigenvalue weighted by Gasteiger charge is 2.20. The minimum absolute atomic E-state index is 0.0513. The summed E-state index contributed by atoms with van der Waals surface area (Å²) in [4.78, 5) is 11.0. The molecule has 5 heteroatoms. The van der Waals surface area contributed by atoms with Crippen molar-refractivity contribution in [2.75, 3.05) is 12.5 Å². The van der Waals surface area contributed by atoms with Gasteiger partial charge in [0.05, 0.1) is 12.5 Å². The second-order valence-electron chi connectivity index (χ2n) is 3.54. The summed E-state index contributed by atoms with van der Waals surface area (Å²) in [6, 6.07) is 0. The van der Waals surface area contributed by atoms with E-state index in [0.29, 0.717) is 0 Å². The third-order valence-electron chi connectivity index (χ3n) is 1.03. The summed E-state index contributed by atoms with van der Waals surface area (Å²) >= 11 is 5.39. The molecular weight excluding hydrogens is 196 g/mol. The van der Waals surface area contributed by atoms with Crippen LogP contribution in [0.4, 0.5) is 4.79 Å². The summed E-state index contributed by atoms with van der Waals surface area (Å²) in [7, 11) is 0. The fourth-order valence-corrected chi connectivity index (χ4v) is 0.688. The van der Waals surface area contributed by atoms with E-state index < -0.39 is 17.9 Å². The molecule has 0 radical (unpaired) electrons. The molecule has 13 heavy (non-hydrogen) atoms. The zero-order chi connectivity index (χ0) is 10.5. The Hall–Kier alpha value is -0.480. The second-order valence-corrected chi connectivity index (χ2v) is 3.85. The molecule has 0 saturated heterocycles. The average Bonchev–Trinajstić information content (AvgIpc) is 1.96. The number of rotatable bonds is 3. The van der Waals surface area contributed by atoms with Crippen molar-refractivity contribution in [3.05, 3.63) is 0 Å². The van der Waals surface area contributed by atoms with Crippen LogP contribution in [0.1, 0.15) is 20.8 Å². The number of aliphatic hydroxyl groups is 1. The van der Waals surface area contributed by atoms with E-state index in [4.69, 9.17) is 21.4 Å². The summed E-state index contributed by atoms with van der Waals surface area (Å²) in [6.07, 6.45) is -1.51. The molecule has 78 valence electrons. The predicted octanol–water partition coefficient (Wildman–Crippen LogP) is 1.54. The van der Waals surface area contributed by atoms with E-state index in [9.17, 15) is 4.79 Å². The van der Waals surface area contributed by atoms with Gasteiger partial charge in [-0.15, -0.1) is 11.6 Å². The maximum absolute atomic E-state index is 11.0. The molecule has 0 aliphatic rings. The Morgan fingerprint density at radius 2 is 2.08 bits per heavy atom. The summed E-state index contributed by atoms with van der Waals surface area (Å²) in [5.74, 6) is 0.0513. The van der Waals surface area contributed by atoms with Crippen LogP contribution in [0.15, 0.2) is 0 Å². The number of ether oxygens (including phenoxy) is 2. The molecule has 0 spiro atoms. The molecule has 0 rings (SSSR count). The highest BCUT2D eigenvalue weighted by atomic mass is 35.5. The highest BCUT2D eigenvalue weighted by molar-refractivity contribution is 6.18. The maximum atomic E-state index is 11.0. The number of hydrogen-bond donors (Lipinski definition) is 1. The van der Waals surface area contributed by atoms with Crippen LogP contribution in [-0.4, -0.2) is 35.5 Å². The first-order valence-corrected chi connectivity index (χ1v) is 4.49. The Labute approximate surface area is 82.8 Å². The lowest BCUT2D eigenvalue weighted by Gasteiger charge is -2.20. The molecule has 1 unspecified atom stereocenters. The number of hydrogen-bond acceptors (Lipinski definition) is 4. The van der Waals surface area contributed by atoms with E-state index >= 15 is 0 Å². The van der Waals surface area contributed by atoms with Crippen LogP contribution in [0, 0.1) is 0 Å². The van der Waals surface area contributed by atoms with Gasteiger partial charge in [0.2, 0.25) is 0 Å². The third-order valence-corrected chi connectivity index (χ3v) is 1.37. The largest absolute Gasteiger partial charge is 0.509 e. The van der Waals surface area contributed by atoms with Crippen molar-refractivity contribution in [1.82, 2.24) is 0 Å². The summed E-state index contributed by atoms with van der Waals surface area (Å²) in [5, 5.41) is 8.66. The molecule has 0 fully saturated rings. The van der Waals surface area contributed by atoms with E-state index in [0.717, 1.165) is 0 Å². The first kappa shape index (κ1) is 12.5. The first-order valence-electron chi connectivity index (χ1n) is 3.95. The van der Waals surface area contributed by atoms with Crippen molar-refractivity contribution in [2.45, 2.75) is 32.5 Å². The minimum atomic E-state index is -0.813. The van der Waals surface area contributed by atoms with E-state index in [1.54, 1.807) is 20.8 Å². The average molecular weight is 211 g/mol. The summed E-state index contributed by atoms with van der Waals surface area (Å²) in [6.45, 7) is 4.87. The van der Waals surface area contributed by atoms with Crippen LogP contribution in [0.5, 0.6) is 0 Å². The number of carbonyl (C=O) groups is 1. The molecule has 0 aliphatic carbocycles. The Morgan fingerprint density at radius 1 is 1.54 bits per heavy atom. The van der Waals surface area contributed by atoms with Gasteiger partial charge in [-0.05, 0) is 20.8 Å². The van der Waals surface area contributed by atoms with Crippen LogP contribution < -0.4 is 0 Å². The van der Waals surface area contributed by atoms with Crippen molar-refractivity contribution in [3.63, 3.8) is 0 Å². The van der Waals surface area contributed by atoms with Crippen LogP contribution in [0.3, 0.4) is 0 Å². The zero-order valence-corrected chi connectivity index (χ0v) is 8.80. The van der Waals surface area contributed by atoms with E-state index in [1.807, 2.05) is 0 Å². The van der Waals surface area contributed by atoms with E-state index in [1.165, 1.54) is 0 Å². The number of carbonyl (C=O) groups excluding carboxylic acids is 1. The standard InChI is InChI=1S/C8H15ClO4/c1-8(2,3)13-7(11)12-6(4-9)5-10/h6,10H,4-5H2,1-3H3. The van der Waals surface area contributed by atoms with Crippen LogP contribution in [0.25, 0.3) is 0 Å². The number of halogens is 1. The van der Waals surface area contributed by atoms with E-state index in [2.05, 4.69) is 4.74 Å². The molecule has 0 bridgehead atoms. The van der Waals surface area contributed by atoms with Gasteiger partial charge in [-0.2, -0.15) is 0 Å². The molecule has 0 aliphatic heterocycles. The molecule has 1 N–H and O–H groups in total. The van der Waals surface area contributed by atoms with Crippen LogP contribution in [-0.2, 0) is 9.47 Å². The van der Waals surface area contributed by atoms with E-state index in [-0.39, 0.29) is 12.5 Å². The molecule has 0 aromatic carbocycles. The monoisotopic (exact) mass is 210 g/mol. The van der Waals surface area contributed by atoms with Crippen molar-refractivity contribution >= 4 is 17.8 Å². The molecule has 4 nitrogen and oxygen atoms in total. The van der Waals surface area contributed by atoms with Gasteiger partial charge in [0.25, 0.3) is 0 Å². The van der Waals surface area contributed by atoms with Gasteiger partial charge in [0, 0.05) is 0 Å². The normalized spacial score (nSPS) is 13.6. The molecule has 0 aromatic heterocycles. The van der Waals surface area contributed by atoms with Gasteiger partial charge in [-0.25, -0.2) is 4.79 Å². The van der Waals surface area contributed by atoms with Crippen LogP contribution in [0.2, 0.25) is 0 Å². The molecule has 0 heterocycles. The van der Waals surface area contributed by atoms with Gasteiger partial charge in [0.1, 0.15) is 11.7 Å². The minimum Gasteiger partial charge on any atom is -0.429 e. The molecule has 0 saturated carbocycles. The van der Waals surface area contributed by atoms with Crippen molar-refractivity contribution in [2.24, 2.45) is 0 Å². The number of aliphatic hydroxyl groups excluding tert-OH is 1. The lowest BCUT2D eigenvalue weighted by atomic mass is 10.2. The predicted molar refractivity (Wildman–Crippen MR) is 48.9 cm³/mol. The van der Waals surface area contributed by atoms with Crippen LogP contribution >= 0.6 is 11.6 Å². The van der Waals surface area contributed by atoms with Crippen molar-refractivity contribution < 1.29 is 19.4 Å². The van der Waals surface area contributed by atoms with Gasteiger partial charge in [0.15, 0.2) is 0 Å². The Balaban J connectivity index is 3.86. The quantitative estimate of drug-likeness (QED) is 0.567. The summed E-state index contributed by atoms with van der Waals surface area (Å²) < 4.78 is 9.52. The van der Waals surface area contributed by atoms with Gasteiger partial charge in [-0.3, -0.25) is 0 Å². The Bertz CT molecular complexity index is 160. The second kappa shape index (κ2) is 5.29. The fraction of sp³-hybridized carbons (Fsp3) is 0.875. The smallest absolute Gasteiger partial charge is 0.429 e. The van der Waals surface area contributed by atoms with Gasteiger partial charge < -0.3 is 14.6 Å². The Kier molecular flexibility index (Phi) is 5.10. The lowest BCUT2D eigenvalue weighted by molar-refractivity contribution is -0.0325. The van der Waals surface area contributed by atoms with Gasteiger partial charge >= 0.3 is 6.16 Å². The lowest BCUT2D eigenvalue weighted by Crippen LogP contribution is -2.29. The van der Waals surface area contributed by atoms with Gasteiger partial charge in [-0.1, -0.05) is 0 Å².